The van der Waals surface area contributed by atoms with Crippen LogP contribution in [0.15, 0.2) is 167 Å². The van der Waals surface area contributed by atoms with Gasteiger partial charge in [-0.25, -0.2) is 4.98 Å². The lowest BCUT2D eigenvalue weighted by Crippen LogP contribution is -1.98. The van der Waals surface area contributed by atoms with Crippen molar-refractivity contribution in [3.05, 3.63) is 158 Å². The fourth-order valence-corrected chi connectivity index (χ4v) is 8.29. The van der Waals surface area contributed by atoms with Gasteiger partial charge < -0.3 is 13.4 Å². The van der Waals surface area contributed by atoms with E-state index in [0.717, 1.165) is 94.1 Å². The van der Waals surface area contributed by atoms with Crippen LogP contribution in [0.2, 0.25) is 0 Å². The first-order valence-electron chi connectivity index (χ1n) is 17.4. The summed E-state index contributed by atoms with van der Waals surface area (Å²) in [4.78, 5) is 9.92. The van der Waals surface area contributed by atoms with Gasteiger partial charge in [-0.1, -0.05) is 72.8 Å². The summed E-state index contributed by atoms with van der Waals surface area (Å²) in [6.45, 7) is 0. The molecule has 52 heavy (non-hydrogen) atoms. The highest BCUT2D eigenvalue weighted by Gasteiger charge is 2.19. The van der Waals surface area contributed by atoms with E-state index in [2.05, 4.69) is 124 Å². The highest BCUT2D eigenvalue weighted by atomic mass is 16.3. The number of aromatic nitrogens is 4. The van der Waals surface area contributed by atoms with E-state index in [4.69, 9.17) is 18.8 Å². The van der Waals surface area contributed by atoms with E-state index >= 15 is 0 Å². The van der Waals surface area contributed by atoms with Crippen LogP contribution in [0, 0.1) is 0 Å². The molecule has 0 amide bonds. The second-order valence-corrected chi connectivity index (χ2v) is 13.4. The summed E-state index contributed by atoms with van der Waals surface area (Å²) in [5.74, 6) is 0.822. The third-order valence-electron chi connectivity index (χ3n) is 10.6. The molecule has 6 heteroatoms. The van der Waals surface area contributed by atoms with Crippen LogP contribution in [0.3, 0.4) is 0 Å². The molecule has 0 aliphatic heterocycles. The fraction of sp³-hybridized carbons (Fsp3) is 0. The van der Waals surface area contributed by atoms with E-state index < -0.39 is 0 Å². The van der Waals surface area contributed by atoms with Crippen molar-refractivity contribution in [1.82, 2.24) is 19.1 Å². The lowest BCUT2D eigenvalue weighted by atomic mass is 10.1. The van der Waals surface area contributed by atoms with E-state index in [-0.39, 0.29) is 0 Å². The van der Waals surface area contributed by atoms with Gasteiger partial charge in [-0.2, -0.15) is 0 Å². The maximum absolute atomic E-state index is 6.32. The van der Waals surface area contributed by atoms with Crippen LogP contribution in [-0.2, 0) is 0 Å². The van der Waals surface area contributed by atoms with Crippen LogP contribution >= 0.6 is 0 Å². The van der Waals surface area contributed by atoms with Crippen molar-refractivity contribution in [2.24, 2.45) is 0 Å². The van der Waals surface area contributed by atoms with Gasteiger partial charge in [0.15, 0.2) is 0 Å². The first-order valence-corrected chi connectivity index (χ1v) is 17.4. The molecule has 0 aliphatic rings. The van der Waals surface area contributed by atoms with Crippen molar-refractivity contribution in [3.8, 4) is 22.8 Å². The Kier molecular flexibility index (Phi) is 5.41. The normalized spacial score (nSPS) is 12.2. The van der Waals surface area contributed by atoms with Crippen LogP contribution in [0.4, 0.5) is 0 Å². The molecule has 12 rings (SSSR count). The predicted molar refractivity (Wildman–Crippen MR) is 211 cm³/mol. The standard InChI is InChI=1S/C46H26N4O2/c1-5-13-38-29(9-1)33-22-35-31-11-3-7-15-42(31)51-44(35)24-40(33)49(38)28-17-18-37(48-26-28)27-19-20-47-46(21-27)50-39-14-6-2-10-30(39)34-23-36-32-12-4-8-16-43(32)52-45(36)25-41(34)50/h1-26H. The van der Waals surface area contributed by atoms with Crippen molar-refractivity contribution in [2.75, 3.05) is 0 Å². The van der Waals surface area contributed by atoms with Crippen LogP contribution in [-0.4, -0.2) is 19.1 Å². The molecule has 6 heterocycles. The van der Waals surface area contributed by atoms with Crippen molar-refractivity contribution in [1.29, 1.82) is 0 Å². The van der Waals surface area contributed by atoms with Crippen molar-refractivity contribution in [2.45, 2.75) is 0 Å². The minimum Gasteiger partial charge on any atom is -0.456 e. The maximum atomic E-state index is 6.32. The molecule has 0 saturated heterocycles. The van der Waals surface area contributed by atoms with E-state index in [1.54, 1.807) is 0 Å². The van der Waals surface area contributed by atoms with Crippen molar-refractivity contribution >= 4 is 87.5 Å². The van der Waals surface area contributed by atoms with Crippen LogP contribution in [0.5, 0.6) is 0 Å². The Bertz CT molecular complexity index is 3410. The number of benzene rings is 6. The highest BCUT2D eigenvalue weighted by molar-refractivity contribution is 6.18. The summed E-state index contributed by atoms with van der Waals surface area (Å²) in [7, 11) is 0. The van der Waals surface area contributed by atoms with Crippen molar-refractivity contribution in [3.63, 3.8) is 0 Å². The summed E-state index contributed by atoms with van der Waals surface area (Å²) in [6, 6.07) is 50.7. The molecule has 0 spiro atoms. The first-order chi connectivity index (χ1) is 25.8. The number of nitrogens with zero attached hydrogens (tertiary/aromatic N) is 4. The monoisotopic (exact) mass is 666 g/mol. The average Bonchev–Trinajstić information content (AvgIpc) is 3.93. The molecule has 0 bridgehead atoms. The third-order valence-corrected chi connectivity index (χ3v) is 10.6. The molecule has 242 valence electrons. The zero-order valence-electron chi connectivity index (χ0n) is 27.6. The molecule has 0 radical (unpaired) electrons. The molecule has 12 aromatic rings. The molecule has 0 unspecified atom stereocenters. The predicted octanol–water partition coefficient (Wildman–Crippen LogP) is 12.1. The quantitative estimate of drug-likeness (QED) is 0.188. The smallest absolute Gasteiger partial charge is 0.138 e. The summed E-state index contributed by atoms with van der Waals surface area (Å²) >= 11 is 0. The Morgan fingerprint density at radius 3 is 1.56 bits per heavy atom. The zero-order chi connectivity index (χ0) is 33.9. The molecule has 0 fully saturated rings. The lowest BCUT2D eigenvalue weighted by Gasteiger charge is -2.10. The second-order valence-electron chi connectivity index (χ2n) is 13.4. The number of rotatable bonds is 3. The second kappa shape index (κ2) is 10.2. The van der Waals surface area contributed by atoms with Gasteiger partial charge in [-0.05, 0) is 60.7 Å². The van der Waals surface area contributed by atoms with Gasteiger partial charge in [-0.15, -0.1) is 0 Å². The molecule has 0 aliphatic carbocycles. The largest absolute Gasteiger partial charge is 0.456 e. The van der Waals surface area contributed by atoms with E-state index in [9.17, 15) is 0 Å². The number of pyridine rings is 2. The molecule has 0 atom stereocenters. The number of furan rings is 2. The van der Waals surface area contributed by atoms with Crippen LogP contribution < -0.4 is 0 Å². The Hall–Kier alpha value is -7.18. The van der Waals surface area contributed by atoms with Gasteiger partial charge in [-0.3, -0.25) is 9.55 Å². The van der Waals surface area contributed by atoms with Gasteiger partial charge >= 0.3 is 0 Å². The Labute approximate surface area is 295 Å². The van der Waals surface area contributed by atoms with Gasteiger partial charge in [0.05, 0.1) is 39.6 Å². The fourth-order valence-electron chi connectivity index (χ4n) is 8.29. The highest BCUT2D eigenvalue weighted by Crippen LogP contribution is 2.40. The summed E-state index contributed by atoms with van der Waals surface area (Å²) in [5, 5.41) is 9.20. The number of hydrogen-bond acceptors (Lipinski definition) is 4. The number of para-hydroxylation sites is 4. The Morgan fingerprint density at radius 1 is 0.385 bits per heavy atom. The average molecular weight is 667 g/mol. The molecule has 6 aromatic heterocycles. The summed E-state index contributed by atoms with van der Waals surface area (Å²) in [6.07, 6.45) is 3.83. The van der Waals surface area contributed by atoms with E-state index in [0.29, 0.717) is 0 Å². The van der Waals surface area contributed by atoms with Crippen LogP contribution in [0.1, 0.15) is 0 Å². The SMILES string of the molecule is c1ccc2c(c1)oc1cc3c(cc12)c1ccccc1n3-c1ccc(-c2ccnc(-n3c4ccccc4c4cc5c(cc43)oc3ccccc35)c2)nc1. The van der Waals surface area contributed by atoms with Crippen molar-refractivity contribution < 1.29 is 8.83 Å². The van der Waals surface area contributed by atoms with Gasteiger partial charge in [0.25, 0.3) is 0 Å². The third kappa shape index (κ3) is 3.78. The van der Waals surface area contributed by atoms with Gasteiger partial charge in [0.1, 0.15) is 28.1 Å². The maximum Gasteiger partial charge on any atom is 0.138 e. The molecule has 6 aromatic carbocycles. The van der Waals surface area contributed by atoms with Gasteiger partial charge in [0.2, 0.25) is 0 Å². The number of fused-ring (bicyclic) bond motifs is 12. The van der Waals surface area contributed by atoms with E-state index in [1.165, 1.54) is 16.2 Å². The molecule has 6 nitrogen and oxygen atoms in total. The minimum absolute atomic E-state index is 0.822. The molecule has 0 N–H and O–H groups in total. The molecular formula is C46H26N4O2. The summed E-state index contributed by atoms with van der Waals surface area (Å²) < 4.78 is 17.1. The topological polar surface area (TPSA) is 61.9 Å². The Morgan fingerprint density at radius 2 is 0.942 bits per heavy atom. The molecular weight excluding hydrogens is 641 g/mol. The van der Waals surface area contributed by atoms with Crippen LogP contribution in [0.25, 0.3) is 110 Å². The minimum atomic E-state index is 0.822. The van der Waals surface area contributed by atoms with Gasteiger partial charge in [0, 0.05) is 67.0 Å². The zero-order valence-corrected chi connectivity index (χ0v) is 27.6. The number of hydrogen-bond donors (Lipinski definition) is 0. The molecule has 0 saturated carbocycles. The first kappa shape index (κ1) is 27.6. The van der Waals surface area contributed by atoms with E-state index in [1.807, 2.05) is 42.7 Å². The Balaban J connectivity index is 1.00. The summed E-state index contributed by atoms with van der Waals surface area (Å²) in [5.41, 5.74) is 10.7. The lowest BCUT2D eigenvalue weighted by molar-refractivity contribution is 0.669.